The molecule has 3 heteroatoms. The fraction of sp³-hybridized carbons (Fsp3) is 0.438. The molecular formula is C16H22ClNO. The first-order valence-electron chi connectivity index (χ1n) is 6.86. The lowest BCUT2D eigenvalue weighted by molar-refractivity contribution is -0.117. The second-order valence-electron chi connectivity index (χ2n) is 4.76. The summed E-state index contributed by atoms with van der Waals surface area (Å²) in [7, 11) is 0. The number of nitrogens with one attached hydrogen (secondary N) is 1. The molecule has 0 aliphatic heterocycles. The van der Waals surface area contributed by atoms with Gasteiger partial charge in [-0.15, -0.1) is 0 Å². The minimum Gasteiger partial charge on any atom is -0.350 e. The first kappa shape index (κ1) is 15.8. The number of hydrogen-bond donors (Lipinski definition) is 1. The van der Waals surface area contributed by atoms with Crippen LogP contribution in [0.2, 0.25) is 5.02 Å². The van der Waals surface area contributed by atoms with Crippen LogP contribution in [0.25, 0.3) is 6.08 Å². The van der Waals surface area contributed by atoms with Crippen molar-refractivity contribution in [3.8, 4) is 0 Å². The van der Waals surface area contributed by atoms with Gasteiger partial charge in [0, 0.05) is 17.1 Å². The second-order valence-corrected chi connectivity index (χ2v) is 5.17. The molecule has 19 heavy (non-hydrogen) atoms. The summed E-state index contributed by atoms with van der Waals surface area (Å²) in [6.45, 7) is 4.21. The van der Waals surface area contributed by atoms with Gasteiger partial charge in [-0.1, -0.05) is 56.0 Å². The van der Waals surface area contributed by atoms with E-state index < -0.39 is 0 Å². The van der Waals surface area contributed by atoms with Crippen LogP contribution in [-0.4, -0.2) is 11.9 Å². The normalized spacial score (nSPS) is 12.6. The maximum Gasteiger partial charge on any atom is 0.244 e. The Morgan fingerprint density at radius 1 is 1.37 bits per heavy atom. The number of carbonyl (C=O) groups is 1. The zero-order valence-electron chi connectivity index (χ0n) is 11.7. The third-order valence-electron chi connectivity index (χ3n) is 2.95. The molecule has 0 saturated heterocycles. The number of halogens is 1. The summed E-state index contributed by atoms with van der Waals surface area (Å²) in [5.74, 6) is -0.0658. The highest BCUT2D eigenvalue weighted by Crippen LogP contribution is 2.16. The molecule has 0 saturated carbocycles. The van der Waals surface area contributed by atoms with Crippen molar-refractivity contribution in [2.75, 3.05) is 0 Å². The van der Waals surface area contributed by atoms with Crippen molar-refractivity contribution in [1.29, 1.82) is 0 Å². The molecule has 0 bridgehead atoms. The molecule has 1 aromatic rings. The van der Waals surface area contributed by atoms with Crippen LogP contribution in [0.5, 0.6) is 0 Å². The number of benzene rings is 1. The van der Waals surface area contributed by atoms with E-state index in [9.17, 15) is 4.79 Å². The smallest absolute Gasteiger partial charge is 0.244 e. The molecule has 0 aromatic heterocycles. The van der Waals surface area contributed by atoms with Crippen LogP contribution in [0.3, 0.4) is 0 Å². The Morgan fingerprint density at radius 3 is 2.79 bits per heavy atom. The summed E-state index contributed by atoms with van der Waals surface area (Å²) in [5, 5.41) is 3.61. The highest BCUT2D eigenvalue weighted by molar-refractivity contribution is 6.32. The number of hydrogen-bond acceptors (Lipinski definition) is 1. The Bertz CT molecular complexity index is 429. The summed E-state index contributed by atoms with van der Waals surface area (Å²) in [6, 6.07) is 7.69. The molecule has 1 N–H and O–H groups in total. The summed E-state index contributed by atoms with van der Waals surface area (Å²) in [6.07, 6.45) is 7.89. The lowest BCUT2D eigenvalue weighted by Crippen LogP contribution is -2.30. The third kappa shape index (κ3) is 6.44. The van der Waals surface area contributed by atoms with Crippen molar-refractivity contribution in [1.82, 2.24) is 5.32 Å². The fourth-order valence-electron chi connectivity index (χ4n) is 1.84. The molecular weight excluding hydrogens is 258 g/mol. The number of amides is 1. The molecule has 0 heterocycles. The first-order chi connectivity index (χ1) is 9.13. The third-order valence-corrected chi connectivity index (χ3v) is 3.29. The van der Waals surface area contributed by atoms with E-state index in [0.717, 1.165) is 18.4 Å². The Balaban J connectivity index is 2.40. The minimum absolute atomic E-state index is 0.0658. The molecule has 0 spiro atoms. The van der Waals surface area contributed by atoms with E-state index in [4.69, 9.17) is 11.6 Å². The lowest BCUT2D eigenvalue weighted by atomic mass is 10.1. The van der Waals surface area contributed by atoms with Crippen molar-refractivity contribution in [3.05, 3.63) is 40.9 Å². The highest BCUT2D eigenvalue weighted by Gasteiger charge is 2.04. The van der Waals surface area contributed by atoms with E-state index >= 15 is 0 Å². The van der Waals surface area contributed by atoms with Gasteiger partial charge in [-0.2, -0.15) is 0 Å². The van der Waals surface area contributed by atoms with Gasteiger partial charge in [0.25, 0.3) is 0 Å². The average molecular weight is 280 g/mol. The summed E-state index contributed by atoms with van der Waals surface area (Å²) in [5.41, 5.74) is 0.859. The van der Waals surface area contributed by atoms with Crippen molar-refractivity contribution in [3.63, 3.8) is 0 Å². The molecule has 1 rings (SSSR count). The van der Waals surface area contributed by atoms with E-state index in [2.05, 4.69) is 12.2 Å². The zero-order valence-corrected chi connectivity index (χ0v) is 12.4. The first-order valence-corrected chi connectivity index (χ1v) is 7.24. The Morgan fingerprint density at radius 2 is 2.11 bits per heavy atom. The maximum atomic E-state index is 11.7. The highest BCUT2D eigenvalue weighted by atomic mass is 35.5. The van der Waals surface area contributed by atoms with E-state index in [1.807, 2.05) is 31.2 Å². The number of unbranched alkanes of at least 4 members (excludes halogenated alkanes) is 2. The molecule has 0 fully saturated rings. The standard InChI is InChI=1S/C16H22ClNO/c1-3-4-5-8-13(2)18-16(19)12-11-14-9-6-7-10-15(14)17/h6-7,9-13H,3-5,8H2,1-2H3,(H,18,19)/b12-11+. The maximum absolute atomic E-state index is 11.7. The average Bonchev–Trinajstić information content (AvgIpc) is 2.38. The van der Waals surface area contributed by atoms with E-state index in [-0.39, 0.29) is 11.9 Å². The summed E-state index contributed by atoms with van der Waals surface area (Å²) in [4.78, 5) is 11.7. The van der Waals surface area contributed by atoms with Crippen LogP contribution < -0.4 is 5.32 Å². The Hall–Kier alpha value is -1.28. The van der Waals surface area contributed by atoms with Gasteiger partial charge in [-0.05, 0) is 31.1 Å². The van der Waals surface area contributed by atoms with Gasteiger partial charge >= 0.3 is 0 Å². The molecule has 0 aliphatic rings. The monoisotopic (exact) mass is 279 g/mol. The topological polar surface area (TPSA) is 29.1 Å². The van der Waals surface area contributed by atoms with Crippen LogP contribution in [0.15, 0.2) is 30.3 Å². The van der Waals surface area contributed by atoms with Crippen molar-refractivity contribution in [2.45, 2.75) is 45.6 Å². The van der Waals surface area contributed by atoms with Crippen molar-refractivity contribution >= 4 is 23.6 Å². The molecule has 2 nitrogen and oxygen atoms in total. The summed E-state index contributed by atoms with van der Waals surface area (Å²) >= 11 is 6.01. The van der Waals surface area contributed by atoms with Gasteiger partial charge in [0.15, 0.2) is 0 Å². The molecule has 1 unspecified atom stereocenters. The fourth-order valence-corrected chi connectivity index (χ4v) is 2.04. The van der Waals surface area contributed by atoms with Gasteiger partial charge in [-0.3, -0.25) is 4.79 Å². The SMILES string of the molecule is CCCCCC(C)NC(=O)/C=C/c1ccccc1Cl. The van der Waals surface area contributed by atoms with Crippen molar-refractivity contribution in [2.24, 2.45) is 0 Å². The van der Waals surface area contributed by atoms with Gasteiger partial charge in [0.05, 0.1) is 0 Å². The molecule has 1 amide bonds. The number of carbonyl (C=O) groups excluding carboxylic acids is 1. The van der Waals surface area contributed by atoms with Crippen LogP contribution >= 0.6 is 11.6 Å². The largest absolute Gasteiger partial charge is 0.350 e. The van der Waals surface area contributed by atoms with Crippen LogP contribution in [0.4, 0.5) is 0 Å². The number of rotatable bonds is 7. The molecule has 0 aliphatic carbocycles. The van der Waals surface area contributed by atoms with Crippen molar-refractivity contribution < 1.29 is 4.79 Å². The Kier molecular flexibility index (Phi) is 7.27. The predicted molar refractivity (Wildman–Crippen MR) is 82.2 cm³/mol. The van der Waals surface area contributed by atoms with E-state index in [1.54, 1.807) is 6.08 Å². The van der Waals surface area contributed by atoms with Gasteiger partial charge in [-0.25, -0.2) is 0 Å². The Labute approximate surface area is 120 Å². The van der Waals surface area contributed by atoms with Gasteiger partial charge < -0.3 is 5.32 Å². The minimum atomic E-state index is -0.0658. The lowest BCUT2D eigenvalue weighted by Gasteiger charge is -2.11. The zero-order chi connectivity index (χ0) is 14.1. The molecule has 104 valence electrons. The molecule has 1 atom stereocenters. The van der Waals surface area contributed by atoms with E-state index in [1.165, 1.54) is 18.9 Å². The van der Waals surface area contributed by atoms with Gasteiger partial charge in [0.1, 0.15) is 0 Å². The van der Waals surface area contributed by atoms with E-state index in [0.29, 0.717) is 5.02 Å². The van der Waals surface area contributed by atoms with Gasteiger partial charge in [0.2, 0.25) is 5.91 Å². The second kappa shape index (κ2) is 8.76. The quantitative estimate of drug-likeness (QED) is 0.580. The summed E-state index contributed by atoms with van der Waals surface area (Å²) < 4.78 is 0. The molecule has 1 aromatic carbocycles. The van der Waals surface area contributed by atoms with Crippen LogP contribution in [0, 0.1) is 0 Å². The van der Waals surface area contributed by atoms with Crippen LogP contribution in [0.1, 0.15) is 45.1 Å². The van der Waals surface area contributed by atoms with Crippen LogP contribution in [-0.2, 0) is 4.79 Å². The molecule has 0 radical (unpaired) electrons. The predicted octanol–water partition coefficient (Wildman–Crippen LogP) is 4.44.